The summed E-state index contributed by atoms with van der Waals surface area (Å²) in [6.07, 6.45) is 3.25. The first kappa shape index (κ1) is 12.6. The molecule has 1 fully saturated rings. The molecular formula is C9H14ClN3O3S. The van der Waals surface area contributed by atoms with Gasteiger partial charge in [-0.2, -0.15) is 0 Å². The van der Waals surface area contributed by atoms with Crippen molar-refractivity contribution in [1.82, 2.24) is 10.2 Å². The van der Waals surface area contributed by atoms with Crippen LogP contribution in [0.5, 0.6) is 0 Å². The Balaban J connectivity index is 1.89. The first-order chi connectivity index (χ1) is 8.11. The van der Waals surface area contributed by atoms with Gasteiger partial charge in [0.05, 0.1) is 5.75 Å². The molecule has 0 saturated heterocycles. The molecule has 17 heavy (non-hydrogen) atoms. The largest absolute Gasteiger partial charge is 0.407 e. The van der Waals surface area contributed by atoms with Crippen molar-refractivity contribution in [1.29, 1.82) is 0 Å². The summed E-state index contributed by atoms with van der Waals surface area (Å²) >= 11 is 5.48. The first-order valence-corrected chi connectivity index (χ1v) is 7.69. The lowest BCUT2D eigenvalue weighted by molar-refractivity contribution is 0.510. The van der Waals surface area contributed by atoms with Gasteiger partial charge in [-0.3, -0.25) is 0 Å². The van der Waals surface area contributed by atoms with Crippen LogP contribution < -0.4 is 4.72 Å². The van der Waals surface area contributed by atoms with Gasteiger partial charge < -0.3 is 4.42 Å². The number of alkyl halides is 1. The number of rotatable bonds is 7. The van der Waals surface area contributed by atoms with Crippen LogP contribution in [0.15, 0.2) is 4.42 Å². The number of unbranched alkanes of at least 4 members (excludes halogenated alkanes) is 1. The molecule has 0 atom stereocenters. The van der Waals surface area contributed by atoms with Gasteiger partial charge in [-0.05, 0) is 25.7 Å². The Morgan fingerprint density at radius 2 is 2.12 bits per heavy atom. The van der Waals surface area contributed by atoms with Crippen LogP contribution in [0.4, 0.5) is 6.01 Å². The zero-order chi connectivity index (χ0) is 12.3. The average Bonchev–Trinajstić information content (AvgIpc) is 3.01. The Labute approximate surface area is 105 Å². The van der Waals surface area contributed by atoms with E-state index >= 15 is 0 Å². The van der Waals surface area contributed by atoms with E-state index in [1.165, 1.54) is 0 Å². The topological polar surface area (TPSA) is 85.1 Å². The maximum absolute atomic E-state index is 11.6. The fraction of sp³-hybridized carbons (Fsp3) is 0.778. The molecule has 6 nitrogen and oxygen atoms in total. The summed E-state index contributed by atoms with van der Waals surface area (Å²) in [6, 6.07) is -0.0437. The van der Waals surface area contributed by atoms with Crippen LogP contribution in [0.3, 0.4) is 0 Å². The SMILES string of the molecule is O=S(=O)(CCCCCl)Nc1nnc(C2CC2)o1. The van der Waals surface area contributed by atoms with Gasteiger partial charge >= 0.3 is 6.01 Å². The number of nitrogens with one attached hydrogen (secondary N) is 1. The quantitative estimate of drug-likeness (QED) is 0.607. The summed E-state index contributed by atoms with van der Waals surface area (Å²) in [5.41, 5.74) is 0. The predicted molar refractivity (Wildman–Crippen MR) is 63.6 cm³/mol. The number of aromatic nitrogens is 2. The van der Waals surface area contributed by atoms with E-state index in [4.69, 9.17) is 16.0 Å². The number of anilines is 1. The molecule has 0 aliphatic heterocycles. The molecule has 96 valence electrons. The van der Waals surface area contributed by atoms with Crippen LogP contribution in [-0.2, 0) is 10.0 Å². The third kappa shape index (κ3) is 3.85. The third-order valence-electron chi connectivity index (χ3n) is 2.41. The predicted octanol–water partition coefficient (Wildman–Crippen LogP) is 1.71. The van der Waals surface area contributed by atoms with E-state index in [0.29, 0.717) is 30.5 Å². The van der Waals surface area contributed by atoms with Gasteiger partial charge in [0.2, 0.25) is 15.9 Å². The minimum absolute atomic E-state index is 0.0147. The van der Waals surface area contributed by atoms with Crippen molar-refractivity contribution >= 4 is 27.6 Å². The van der Waals surface area contributed by atoms with Crippen LogP contribution in [-0.4, -0.2) is 30.2 Å². The fourth-order valence-corrected chi connectivity index (χ4v) is 2.57. The normalized spacial score (nSPS) is 16.1. The molecule has 8 heteroatoms. The highest BCUT2D eigenvalue weighted by molar-refractivity contribution is 7.92. The van der Waals surface area contributed by atoms with Crippen LogP contribution in [0.1, 0.15) is 37.5 Å². The van der Waals surface area contributed by atoms with Crippen molar-refractivity contribution in [2.75, 3.05) is 16.4 Å². The second-order valence-corrected chi connectivity index (χ2v) is 6.26. The summed E-state index contributed by atoms with van der Waals surface area (Å²) in [7, 11) is -3.40. The highest BCUT2D eigenvalue weighted by Crippen LogP contribution is 2.39. The van der Waals surface area contributed by atoms with Crippen LogP contribution in [0, 0.1) is 0 Å². The van der Waals surface area contributed by atoms with Gasteiger partial charge in [0, 0.05) is 11.8 Å². The molecular weight excluding hydrogens is 266 g/mol. The van der Waals surface area contributed by atoms with E-state index in [2.05, 4.69) is 14.9 Å². The smallest absolute Gasteiger partial charge is 0.329 e. The maximum Gasteiger partial charge on any atom is 0.329 e. The van der Waals surface area contributed by atoms with E-state index in [1.807, 2.05) is 0 Å². The molecule has 1 aromatic heterocycles. The van der Waals surface area contributed by atoms with E-state index in [-0.39, 0.29) is 11.8 Å². The second-order valence-electron chi connectivity index (χ2n) is 4.04. The van der Waals surface area contributed by atoms with Gasteiger partial charge in [0.1, 0.15) is 0 Å². The second kappa shape index (κ2) is 5.22. The van der Waals surface area contributed by atoms with Crippen molar-refractivity contribution in [3.05, 3.63) is 5.89 Å². The van der Waals surface area contributed by atoms with Crippen molar-refractivity contribution < 1.29 is 12.8 Å². The van der Waals surface area contributed by atoms with Crippen LogP contribution >= 0.6 is 11.6 Å². The van der Waals surface area contributed by atoms with E-state index in [9.17, 15) is 8.42 Å². The Bertz CT molecular complexity index is 470. The highest BCUT2D eigenvalue weighted by atomic mass is 35.5. The van der Waals surface area contributed by atoms with Crippen molar-refractivity contribution in [2.24, 2.45) is 0 Å². The zero-order valence-corrected chi connectivity index (χ0v) is 10.8. The number of nitrogens with zero attached hydrogens (tertiary/aromatic N) is 2. The van der Waals surface area contributed by atoms with Gasteiger partial charge in [0.25, 0.3) is 0 Å². The van der Waals surface area contributed by atoms with Crippen molar-refractivity contribution in [3.63, 3.8) is 0 Å². The van der Waals surface area contributed by atoms with E-state index in [0.717, 1.165) is 12.8 Å². The summed E-state index contributed by atoms with van der Waals surface area (Å²) in [4.78, 5) is 0. The van der Waals surface area contributed by atoms with E-state index in [1.54, 1.807) is 0 Å². The van der Waals surface area contributed by atoms with Crippen molar-refractivity contribution in [3.8, 4) is 0 Å². The van der Waals surface area contributed by atoms with Gasteiger partial charge in [0.15, 0.2) is 0 Å². The zero-order valence-electron chi connectivity index (χ0n) is 9.23. The first-order valence-electron chi connectivity index (χ1n) is 5.50. The fourth-order valence-electron chi connectivity index (χ4n) is 1.34. The van der Waals surface area contributed by atoms with E-state index < -0.39 is 10.0 Å². The monoisotopic (exact) mass is 279 g/mol. The van der Waals surface area contributed by atoms with Gasteiger partial charge in [-0.1, -0.05) is 5.10 Å². The van der Waals surface area contributed by atoms with Gasteiger partial charge in [-0.25, -0.2) is 13.1 Å². The molecule has 2 rings (SSSR count). The van der Waals surface area contributed by atoms with Gasteiger partial charge in [-0.15, -0.1) is 16.7 Å². The summed E-state index contributed by atoms with van der Waals surface area (Å²) in [5.74, 6) is 1.31. The number of hydrogen-bond donors (Lipinski definition) is 1. The maximum atomic E-state index is 11.6. The molecule has 0 radical (unpaired) electrons. The summed E-state index contributed by atoms with van der Waals surface area (Å²) in [5, 5.41) is 7.45. The molecule has 1 heterocycles. The molecule has 0 bridgehead atoms. The number of halogens is 1. The Hall–Kier alpha value is -0.820. The molecule has 0 amide bonds. The van der Waals surface area contributed by atoms with Crippen LogP contribution in [0.2, 0.25) is 0 Å². The molecule has 1 saturated carbocycles. The molecule has 0 unspecified atom stereocenters. The van der Waals surface area contributed by atoms with Crippen LogP contribution in [0.25, 0.3) is 0 Å². The molecule has 1 aliphatic carbocycles. The lowest BCUT2D eigenvalue weighted by Gasteiger charge is -2.02. The highest BCUT2D eigenvalue weighted by Gasteiger charge is 2.29. The standard InChI is InChI=1S/C9H14ClN3O3S/c10-5-1-2-6-17(14,15)13-9-12-11-8(16-9)7-3-4-7/h7H,1-6H2,(H,12,13). The molecule has 0 spiro atoms. The number of hydrogen-bond acceptors (Lipinski definition) is 5. The number of sulfonamides is 1. The average molecular weight is 280 g/mol. The summed E-state index contributed by atoms with van der Waals surface area (Å²) in [6.45, 7) is 0. The molecule has 1 aliphatic rings. The molecule has 1 aromatic rings. The Kier molecular flexibility index (Phi) is 3.88. The minimum Gasteiger partial charge on any atom is -0.407 e. The lowest BCUT2D eigenvalue weighted by atomic mass is 10.4. The Morgan fingerprint density at radius 3 is 2.76 bits per heavy atom. The third-order valence-corrected chi connectivity index (χ3v) is 3.99. The Morgan fingerprint density at radius 1 is 1.35 bits per heavy atom. The van der Waals surface area contributed by atoms with Crippen molar-refractivity contribution in [2.45, 2.75) is 31.6 Å². The minimum atomic E-state index is -3.40. The summed E-state index contributed by atoms with van der Waals surface area (Å²) < 4.78 is 30.7. The molecule has 0 aromatic carbocycles. The lowest BCUT2D eigenvalue weighted by Crippen LogP contribution is -2.17. The molecule has 1 N–H and O–H groups in total.